The minimum Gasteiger partial charge on any atom is -0.490 e. The fraction of sp³-hybridized carbons (Fsp3) is 0.375. The molecule has 0 fully saturated rings. The Morgan fingerprint density at radius 1 is 1.13 bits per heavy atom. The van der Waals surface area contributed by atoms with Crippen LogP contribution in [0, 0.1) is 13.8 Å². The topological polar surface area (TPSA) is 46.5 Å². The number of ether oxygens (including phenoxy) is 1. The van der Waals surface area contributed by atoms with Crippen LogP contribution < -0.4 is 10.1 Å². The number of amides is 1. The lowest BCUT2D eigenvalue weighted by molar-refractivity contribution is 0.102. The molecule has 2 heterocycles. The first kappa shape index (κ1) is 22.1. The quantitative estimate of drug-likeness (QED) is 0.486. The second kappa shape index (κ2) is 10.5. The molecule has 0 aliphatic heterocycles. The molecule has 0 atom stereocenters. The Bertz CT molecular complexity index is 959. The van der Waals surface area contributed by atoms with Crippen molar-refractivity contribution in [1.29, 1.82) is 0 Å². The number of carbonyl (C=O) groups excluding carboxylic acids is 1. The summed E-state index contributed by atoms with van der Waals surface area (Å²) in [7, 11) is 0. The third-order valence-corrected chi connectivity index (χ3v) is 6.27. The van der Waals surface area contributed by atoms with E-state index in [9.17, 15) is 4.79 Å². The van der Waals surface area contributed by atoms with E-state index < -0.39 is 0 Å². The highest BCUT2D eigenvalue weighted by Gasteiger charge is 2.17. The highest BCUT2D eigenvalue weighted by atomic mass is 32.1. The van der Waals surface area contributed by atoms with Gasteiger partial charge in [0, 0.05) is 22.8 Å². The van der Waals surface area contributed by atoms with Crippen LogP contribution in [0.15, 0.2) is 47.8 Å². The van der Waals surface area contributed by atoms with E-state index in [1.54, 1.807) is 11.3 Å². The molecular formula is C24H31N3O2S. The molecule has 160 valence electrons. The van der Waals surface area contributed by atoms with Gasteiger partial charge in [-0.2, -0.15) is 0 Å². The predicted molar refractivity (Wildman–Crippen MR) is 125 cm³/mol. The Morgan fingerprint density at radius 3 is 2.60 bits per heavy atom. The first-order chi connectivity index (χ1) is 14.5. The number of nitrogens with zero attached hydrogens (tertiary/aromatic N) is 2. The van der Waals surface area contributed by atoms with Gasteiger partial charge in [-0.15, -0.1) is 11.3 Å². The Labute approximate surface area is 183 Å². The molecule has 2 aromatic heterocycles. The van der Waals surface area contributed by atoms with Crippen molar-refractivity contribution in [2.24, 2.45) is 0 Å². The lowest BCUT2D eigenvalue weighted by Crippen LogP contribution is -2.28. The molecule has 30 heavy (non-hydrogen) atoms. The molecule has 3 rings (SSSR count). The van der Waals surface area contributed by atoms with Gasteiger partial charge in [-0.3, -0.25) is 4.79 Å². The van der Waals surface area contributed by atoms with E-state index in [0.717, 1.165) is 37.6 Å². The van der Waals surface area contributed by atoms with Crippen molar-refractivity contribution in [2.75, 3.05) is 31.6 Å². The number of nitrogens with one attached hydrogen (secondary N) is 1. The van der Waals surface area contributed by atoms with E-state index in [2.05, 4.69) is 46.1 Å². The molecule has 0 aliphatic carbocycles. The van der Waals surface area contributed by atoms with Crippen LogP contribution >= 0.6 is 11.3 Å². The molecule has 0 saturated heterocycles. The van der Waals surface area contributed by atoms with Gasteiger partial charge in [0.25, 0.3) is 5.91 Å². The second-order valence-corrected chi connectivity index (χ2v) is 8.31. The summed E-state index contributed by atoms with van der Waals surface area (Å²) in [5, 5.41) is 5.12. The highest BCUT2D eigenvalue weighted by Crippen LogP contribution is 2.26. The van der Waals surface area contributed by atoms with Crippen molar-refractivity contribution in [3.8, 4) is 5.75 Å². The number of anilines is 1. The van der Waals surface area contributed by atoms with Crippen molar-refractivity contribution >= 4 is 22.9 Å². The molecule has 6 heteroatoms. The number of aromatic nitrogens is 1. The summed E-state index contributed by atoms with van der Waals surface area (Å²) >= 11 is 1.73. The summed E-state index contributed by atoms with van der Waals surface area (Å²) in [4.78, 5) is 16.6. The molecule has 0 unspecified atom stereocenters. The maximum atomic E-state index is 13.0. The van der Waals surface area contributed by atoms with Gasteiger partial charge in [0.2, 0.25) is 0 Å². The van der Waals surface area contributed by atoms with Gasteiger partial charge in [0.15, 0.2) is 0 Å². The molecule has 1 amide bonds. The third kappa shape index (κ3) is 5.32. The molecule has 0 saturated carbocycles. The summed E-state index contributed by atoms with van der Waals surface area (Å²) in [6, 6.07) is 13.8. The van der Waals surface area contributed by atoms with Crippen LogP contribution in [0.1, 0.15) is 40.5 Å². The number of hydrogen-bond donors (Lipinski definition) is 1. The van der Waals surface area contributed by atoms with Crippen molar-refractivity contribution in [2.45, 2.75) is 34.2 Å². The van der Waals surface area contributed by atoms with Crippen LogP contribution in [-0.2, 0) is 6.54 Å². The maximum absolute atomic E-state index is 13.0. The zero-order chi connectivity index (χ0) is 21.5. The van der Waals surface area contributed by atoms with Gasteiger partial charge in [-0.25, -0.2) is 0 Å². The Hall–Kier alpha value is -2.57. The molecule has 3 aromatic rings. The summed E-state index contributed by atoms with van der Waals surface area (Å²) in [6.07, 6.45) is 0. The molecule has 0 bridgehead atoms. The van der Waals surface area contributed by atoms with Gasteiger partial charge >= 0.3 is 0 Å². The molecular weight excluding hydrogens is 394 g/mol. The van der Waals surface area contributed by atoms with Crippen molar-refractivity contribution in [3.05, 3.63) is 69.7 Å². The van der Waals surface area contributed by atoms with E-state index in [1.807, 2.05) is 44.2 Å². The van der Waals surface area contributed by atoms with Crippen LogP contribution in [0.25, 0.3) is 0 Å². The van der Waals surface area contributed by atoms with Crippen molar-refractivity contribution < 1.29 is 9.53 Å². The number of rotatable bonds is 10. The Balaban J connectivity index is 1.71. The molecule has 0 radical (unpaired) electrons. The normalized spacial score (nSPS) is 11.1. The summed E-state index contributed by atoms with van der Waals surface area (Å²) < 4.78 is 8.16. The first-order valence-corrected chi connectivity index (χ1v) is 11.4. The zero-order valence-electron chi connectivity index (χ0n) is 18.3. The molecule has 5 nitrogen and oxygen atoms in total. The fourth-order valence-corrected chi connectivity index (χ4v) is 4.24. The van der Waals surface area contributed by atoms with E-state index in [1.165, 1.54) is 4.88 Å². The van der Waals surface area contributed by atoms with Crippen LogP contribution in [0.3, 0.4) is 0 Å². The standard InChI is InChI=1S/C24H31N3O2S/c1-5-26(6-2)13-14-29-23-12-8-7-11-22(23)25-24(28)21-16-18(3)27(19(21)4)17-20-10-9-15-30-20/h7-12,15-16H,5-6,13-14,17H2,1-4H3,(H,25,28). The predicted octanol–water partition coefficient (Wildman–Crippen LogP) is 5.19. The largest absolute Gasteiger partial charge is 0.490 e. The average molecular weight is 426 g/mol. The minimum absolute atomic E-state index is 0.111. The maximum Gasteiger partial charge on any atom is 0.257 e. The van der Waals surface area contributed by atoms with E-state index in [4.69, 9.17) is 4.74 Å². The summed E-state index contributed by atoms with van der Waals surface area (Å²) in [6.45, 7) is 12.6. The zero-order valence-corrected chi connectivity index (χ0v) is 19.1. The average Bonchev–Trinajstić information content (AvgIpc) is 3.36. The van der Waals surface area contributed by atoms with Crippen LogP contribution in [0.4, 0.5) is 5.69 Å². The van der Waals surface area contributed by atoms with E-state index in [-0.39, 0.29) is 5.91 Å². The second-order valence-electron chi connectivity index (χ2n) is 7.28. The molecule has 1 aromatic carbocycles. The van der Waals surface area contributed by atoms with Gasteiger partial charge in [-0.05, 0) is 56.6 Å². The van der Waals surface area contributed by atoms with Gasteiger partial charge < -0.3 is 19.5 Å². The van der Waals surface area contributed by atoms with Crippen molar-refractivity contribution in [1.82, 2.24) is 9.47 Å². The Kier molecular flexibility index (Phi) is 7.71. The lowest BCUT2D eigenvalue weighted by atomic mass is 10.2. The minimum atomic E-state index is -0.111. The highest BCUT2D eigenvalue weighted by molar-refractivity contribution is 7.09. The molecule has 1 N–H and O–H groups in total. The summed E-state index contributed by atoms with van der Waals surface area (Å²) in [5.74, 6) is 0.589. The number of para-hydroxylation sites is 2. The van der Waals surface area contributed by atoms with Crippen molar-refractivity contribution in [3.63, 3.8) is 0 Å². The third-order valence-electron chi connectivity index (χ3n) is 5.41. The number of aryl methyl sites for hydroxylation is 1. The van der Waals surface area contributed by atoms with Gasteiger partial charge in [-0.1, -0.05) is 32.0 Å². The first-order valence-electron chi connectivity index (χ1n) is 10.5. The summed E-state index contributed by atoms with van der Waals surface area (Å²) in [5.41, 5.74) is 3.44. The van der Waals surface area contributed by atoms with Gasteiger partial charge in [0.1, 0.15) is 12.4 Å². The fourth-order valence-electron chi connectivity index (χ4n) is 3.54. The number of likely N-dealkylation sites (N-methyl/N-ethyl adjacent to an activating group) is 1. The molecule has 0 spiro atoms. The van der Waals surface area contributed by atoms with E-state index >= 15 is 0 Å². The van der Waals surface area contributed by atoms with E-state index in [0.29, 0.717) is 23.6 Å². The SMILES string of the molecule is CCN(CC)CCOc1ccccc1NC(=O)c1cc(C)n(Cc2cccs2)c1C. The number of thiophene rings is 1. The van der Waals surface area contributed by atoms with Crippen LogP contribution in [0.5, 0.6) is 5.75 Å². The Morgan fingerprint density at radius 2 is 1.90 bits per heavy atom. The number of hydrogen-bond acceptors (Lipinski definition) is 4. The number of carbonyl (C=O) groups is 1. The monoisotopic (exact) mass is 425 g/mol. The molecule has 0 aliphatic rings. The van der Waals surface area contributed by atoms with Gasteiger partial charge in [0.05, 0.1) is 17.8 Å². The van der Waals surface area contributed by atoms with Crippen LogP contribution in [-0.4, -0.2) is 41.6 Å². The lowest BCUT2D eigenvalue weighted by Gasteiger charge is -2.19. The smallest absolute Gasteiger partial charge is 0.257 e. The number of benzene rings is 1. The van der Waals surface area contributed by atoms with Crippen LogP contribution in [0.2, 0.25) is 0 Å².